The van der Waals surface area contributed by atoms with Crippen molar-refractivity contribution in [2.75, 3.05) is 0 Å². The molecule has 0 spiro atoms. The molecule has 5 heteroatoms. The fourth-order valence-electron chi connectivity index (χ4n) is 2.87. The lowest BCUT2D eigenvalue weighted by Crippen LogP contribution is -2.07. The summed E-state index contributed by atoms with van der Waals surface area (Å²) in [6.45, 7) is 0. The van der Waals surface area contributed by atoms with Crippen LogP contribution in [0.5, 0.6) is 0 Å². The molecule has 1 aromatic carbocycles. The number of hydrogen-bond donors (Lipinski definition) is 1. The highest BCUT2D eigenvalue weighted by molar-refractivity contribution is 9.10. The molecule has 0 saturated heterocycles. The minimum absolute atomic E-state index is 0.170. The Kier molecular flexibility index (Phi) is 4.43. The Balaban J connectivity index is 1.98. The van der Waals surface area contributed by atoms with E-state index in [1.807, 2.05) is 35.1 Å². The Bertz CT molecular complexity index is 734. The van der Waals surface area contributed by atoms with Gasteiger partial charge < -0.3 is 5.11 Å². The lowest BCUT2D eigenvalue weighted by Gasteiger charge is -2.18. The SMILES string of the molecule is O=C(O)CC/C=C1\CCCc2cnn(-c3cccc(Br)c3)c21. The lowest BCUT2D eigenvalue weighted by molar-refractivity contribution is -0.136. The van der Waals surface area contributed by atoms with Crippen LogP contribution in [-0.2, 0) is 11.2 Å². The fourth-order valence-corrected chi connectivity index (χ4v) is 3.25. The van der Waals surface area contributed by atoms with Gasteiger partial charge in [-0.15, -0.1) is 0 Å². The number of aliphatic carboxylic acids is 1. The average Bonchev–Trinajstić information content (AvgIpc) is 2.92. The number of benzene rings is 1. The molecule has 3 rings (SSSR count). The summed E-state index contributed by atoms with van der Waals surface area (Å²) < 4.78 is 2.98. The number of allylic oxidation sites excluding steroid dienone is 2. The number of aromatic nitrogens is 2. The van der Waals surface area contributed by atoms with Crippen LogP contribution < -0.4 is 0 Å². The molecule has 1 aliphatic rings. The summed E-state index contributed by atoms with van der Waals surface area (Å²) in [7, 11) is 0. The van der Waals surface area contributed by atoms with E-state index in [1.54, 1.807) is 0 Å². The van der Waals surface area contributed by atoms with E-state index in [2.05, 4.69) is 27.1 Å². The Hall–Kier alpha value is -1.88. The van der Waals surface area contributed by atoms with Crippen LogP contribution in [0, 0.1) is 0 Å². The molecule has 0 amide bonds. The van der Waals surface area contributed by atoms with Crippen LogP contribution >= 0.6 is 15.9 Å². The maximum absolute atomic E-state index is 10.7. The summed E-state index contributed by atoms with van der Waals surface area (Å²) in [6.07, 6.45) is 7.82. The van der Waals surface area contributed by atoms with E-state index in [9.17, 15) is 4.79 Å². The van der Waals surface area contributed by atoms with Crippen molar-refractivity contribution < 1.29 is 9.90 Å². The van der Waals surface area contributed by atoms with Gasteiger partial charge in [-0.3, -0.25) is 4.79 Å². The first kappa shape index (κ1) is 15.0. The van der Waals surface area contributed by atoms with Gasteiger partial charge in [0.2, 0.25) is 0 Å². The zero-order valence-electron chi connectivity index (χ0n) is 12.1. The maximum Gasteiger partial charge on any atom is 0.303 e. The first-order valence-corrected chi connectivity index (χ1v) is 8.18. The van der Waals surface area contributed by atoms with Crippen LogP contribution in [0.4, 0.5) is 0 Å². The van der Waals surface area contributed by atoms with E-state index in [0.717, 1.165) is 35.1 Å². The van der Waals surface area contributed by atoms with Crippen molar-refractivity contribution in [2.24, 2.45) is 0 Å². The molecular weight excluding hydrogens is 344 g/mol. The molecule has 1 heterocycles. The van der Waals surface area contributed by atoms with Crippen molar-refractivity contribution in [3.05, 3.63) is 52.3 Å². The first-order chi connectivity index (χ1) is 10.6. The molecule has 0 atom stereocenters. The van der Waals surface area contributed by atoms with Crippen LogP contribution in [0.2, 0.25) is 0 Å². The number of carboxylic acid groups (broad SMARTS) is 1. The molecule has 4 nitrogen and oxygen atoms in total. The van der Waals surface area contributed by atoms with Crippen LogP contribution in [0.15, 0.2) is 41.0 Å². The Labute approximate surface area is 137 Å². The molecule has 1 N–H and O–H groups in total. The van der Waals surface area contributed by atoms with Crippen molar-refractivity contribution in [3.63, 3.8) is 0 Å². The Morgan fingerprint density at radius 2 is 2.27 bits per heavy atom. The number of rotatable bonds is 4. The summed E-state index contributed by atoms with van der Waals surface area (Å²) in [5, 5.41) is 13.4. The van der Waals surface area contributed by atoms with Gasteiger partial charge in [-0.25, -0.2) is 4.68 Å². The van der Waals surface area contributed by atoms with E-state index in [0.29, 0.717) is 6.42 Å². The van der Waals surface area contributed by atoms with E-state index in [4.69, 9.17) is 5.11 Å². The van der Waals surface area contributed by atoms with Gasteiger partial charge in [-0.1, -0.05) is 28.1 Å². The quantitative estimate of drug-likeness (QED) is 0.887. The van der Waals surface area contributed by atoms with Gasteiger partial charge in [-0.2, -0.15) is 5.10 Å². The third kappa shape index (κ3) is 3.14. The third-order valence-corrected chi connectivity index (χ3v) is 4.34. The smallest absolute Gasteiger partial charge is 0.303 e. The zero-order chi connectivity index (χ0) is 15.5. The second kappa shape index (κ2) is 6.48. The molecule has 0 aliphatic heterocycles. The van der Waals surface area contributed by atoms with Gasteiger partial charge in [0.05, 0.1) is 17.6 Å². The molecule has 0 bridgehead atoms. The first-order valence-electron chi connectivity index (χ1n) is 7.39. The molecular formula is C17H17BrN2O2. The number of aryl methyl sites for hydroxylation is 1. The Morgan fingerprint density at radius 3 is 3.05 bits per heavy atom. The normalized spacial score (nSPS) is 15.8. The summed E-state index contributed by atoms with van der Waals surface area (Å²) in [5.74, 6) is -0.756. The molecule has 2 aromatic rings. The van der Waals surface area contributed by atoms with Gasteiger partial charge >= 0.3 is 5.97 Å². The van der Waals surface area contributed by atoms with E-state index >= 15 is 0 Å². The molecule has 1 aromatic heterocycles. The standard InChI is InChI=1S/C17H17BrN2O2/c18-14-7-3-8-15(10-14)20-17-12(5-2-9-16(21)22)4-1-6-13(17)11-19-20/h3,5,7-8,10-11H,1-2,4,6,9H2,(H,21,22)/b12-5+. The third-order valence-electron chi connectivity index (χ3n) is 3.84. The highest BCUT2D eigenvalue weighted by Gasteiger charge is 2.20. The predicted octanol–water partition coefficient (Wildman–Crippen LogP) is 4.22. The van der Waals surface area contributed by atoms with Crippen molar-refractivity contribution in [3.8, 4) is 5.69 Å². The van der Waals surface area contributed by atoms with Crippen LogP contribution in [0.3, 0.4) is 0 Å². The summed E-state index contributed by atoms with van der Waals surface area (Å²) in [4.78, 5) is 10.7. The maximum atomic E-state index is 10.7. The average molecular weight is 361 g/mol. The monoisotopic (exact) mass is 360 g/mol. The van der Waals surface area contributed by atoms with Crippen molar-refractivity contribution in [1.29, 1.82) is 0 Å². The van der Waals surface area contributed by atoms with Gasteiger partial charge in [0.25, 0.3) is 0 Å². The predicted molar refractivity (Wildman–Crippen MR) is 89.0 cm³/mol. The molecule has 114 valence electrons. The molecule has 22 heavy (non-hydrogen) atoms. The molecule has 1 aliphatic carbocycles. The minimum atomic E-state index is -0.756. The summed E-state index contributed by atoms with van der Waals surface area (Å²) in [5.41, 5.74) is 4.60. The molecule has 0 unspecified atom stereocenters. The number of fused-ring (bicyclic) bond motifs is 1. The number of hydrogen-bond acceptors (Lipinski definition) is 2. The van der Waals surface area contributed by atoms with Gasteiger partial charge in [0.1, 0.15) is 0 Å². The summed E-state index contributed by atoms with van der Waals surface area (Å²) in [6, 6.07) is 8.05. The van der Waals surface area contributed by atoms with E-state index < -0.39 is 5.97 Å². The fraction of sp³-hybridized carbons (Fsp3) is 0.294. The zero-order valence-corrected chi connectivity index (χ0v) is 13.7. The number of carboxylic acids is 1. The van der Waals surface area contributed by atoms with Crippen LogP contribution in [-0.4, -0.2) is 20.9 Å². The highest BCUT2D eigenvalue weighted by Crippen LogP contribution is 2.33. The van der Waals surface area contributed by atoms with Crippen molar-refractivity contribution in [2.45, 2.75) is 32.1 Å². The van der Waals surface area contributed by atoms with E-state index in [-0.39, 0.29) is 6.42 Å². The highest BCUT2D eigenvalue weighted by atomic mass is 79.9. The van der Waals surface area contributed by atoms with Gasteiger partial charge in [0.15, 0.2) is 0 Å². The van der Waals surface area contributed by atoms with E-state index in [1.165, 1.54) is 11.1 Å². The van der Waals surface area contributed by atoms with Gasteiger partial charge in [0, 0.05) is 10.9 Å². The minimum Gasteiger partial charge on any atom is -0.481 e. The topological polar surface area (TPSA) is 55.1 Å². The number of halogens is 1. The second-order valence-electron chi connectivity index (χ2n) is 5.43. The number of nitrogens with zero attached hydrogens (tertiary/aromatic N) is 2. The molecule has 0 saturated carbocycles. The van der Waals surface area contributed by atoms with Crippen molar-refractivity contribution >= 4 is 27.5 Å². The van der Waals surface area contributed by atoms with Gasteiger partial charge in [-0.05, 0) is 55.0 Å². The summed E-state index contributed by atoms with van der Waals surface area (Å²) >= 11 is 3.50. The largest absolute Gasteiger partial charge is 0.481 e. The van der Waals surface area contributed by atoms with Crippen molar-refractivity contribution in [1.82, 2.24) is 9.78 Å². The number of carbonyl (C=O) groups is 1. The Morgan fingerprint density at radius 1 is 1.41 bits per heavy atom. The lowest BCUT2D eigenvalue weighted by atomic mass is 9.92. The van der Waals surface area contributed by atoms with Crippen LogP contribution in [0.1, 0.15) is 36.9 Å². The molecule has 0 fully saturated rings. The molecule has 0 radical (unpaired) electrons. The second-order valence-corrected chi connectivity index (χ2v) is 6.34. The van der Waals surface area contributed by atoms with Crippen LogP contribution in [0.25, 0.3) is 11.3 Å².